The normalized spacial score (nSPS) is 14.3. The van der Waals surface area contributed by atoms with Gasteiger partial charge in [-0.3, -0.25) is 38.8 Å². The van der Waals surface area contributed by atoms with Crippen LogP contribution in [0.2, 0.25) is 0 Å². The molecule has 0 unspecified atom stereocenters. The smallest absolute Gasteiger partial charge is 0.328 e. The minimum atomic E-state index is -0.483. The fraction of sp³-hybridized carbons (Fsp3) is 0.220. The topological polar surface area (TPSA) is 140 Å². The summed E-state index contributed by atoms with van der Waals surface area (Å²) >= 11 is 0. The number of fused-ring (bicyclic) bond motifs is 2. The number of imidazole rings is 1. The Morgan fingerprint density at radius 1 is 0.942 bits per heavy atom. The Bertz CT molecular complexity index is 2520. The Balaban J connectivity index is 1.03. The number of benzene rings is 3. The number of amides is 3. The molecule has 3 aromatic heterocycles. The molecule has 0 radical (unpaired) electrons. The number of pyridine rings is 2. The van der Waals surface area contributed by atoms with Crippen LogP contribution in [0.3, 0.4) is 0 Å². The van der Waals surface area contributed by atoms with E-state index in [1.807, 2.05) is 61.8 Å². The van der Waals surface area contributed by atoms with Gasteiger partial charge in [-0.2, -0.15) is 0 Å². The summed E-state index contributed by atoms with van der Waals surface area (Å²) in [5.74, 6) is 5.25. The van der Waals surface area contributed by atoms with Crippen molar-refractivity contribution in [2.75, 3.05) is 11.9 Å². The van der Waals surface area contributed by atoms with Gasteiger partial charge in [0.2, 0.25) is 11.8 Å². The first-order valence-electron chi connectivity index (χ1n) is 17.1. The molecule has 0 saturated carbocycles. The van der Waals surface area contributed by atoms with Crippen molar-refractivity contribution < 1.29 is 14.4 Å². The largest absolute Gasteiger partial charge is 0.374 e. The second-order valence-corrected chi connectivity index (χ2v) is 13.2. The predicted octanol–water partition coefficient (Wildman–Crippen LogP) is 5.28. The maximum Gasteiger partial charge on any atom is 0.328 e. The molecule has 1 atom stereocenters. The number of nitrogens with zero attached hydrogens (tertiary/aromatic N) is 4. The molecule has 0 aliphatic carbocycles. The van der Waals surface area contributed by atoms with E-state index < -0.39 is 6.04 Å². The highest BCUT2D eigenvalue weighted by Crippen LogP contribution is 2.35. The fourth-order valence-corrected chi connectivity index (χ4v) is 6.62. The van der Waals surface area contributed by atoms with Crippen molar-refractivity contribution in [1.82, 2.24) is 29.7 Å². The van der Waals surface area contributed by atoms with E-state index in [2.05, 4.69) is 64.8 Å². The van der Waals surface area contributed by atoms with Crippen LogP contribution in [0.4, 0.5) is 5.69 Å². The molecule has 0 spiro atoms. The van der Waals surface area contributed by atoms with Gasteiger partial charge in [-0.25, -0.2) is 4.79 Å². The molecule has 1 fully saturated rings. The van der Waals surface area contributed by atoms with Crippen molar-refractivity contribution in [2.45, 2.75) is 38.6 Å². The number of hydrogen-bond donors (Lipinski definition) is 3. The first-order valence-corrected chi connectivity index (χ1v) is 17.1. The van der Waals surface area contributed by atoms with E-state index in [0.717, 1.165) is 55.4 Å². The van der Waals surface area contributed by atoms with E-state index in [-0.39, 0.29) is 41.6 Å². The lowest BCUT2D eigenvalue weighted by atomic mass is 9.93. The molecule has 0 bridgehead atoms. The third-order valence-corrected chi connectivity index (χ3v) is 9.39. The maximum absolute atomic E-state index is 12.8. The number of anilines is 1. The Morgan fingerprint density at radius 3 is 2.54 bits per heavy atom. The lowest BCUT2D eigenvalue weighted by Crippen LogP contribution is -2.47. The van der Waals surface area contributed by atoms with Gasteiger partial charge in [-0.05, 0) is 82.9 Å². The number of aryl methyl sites for hydroxylation is 2. The van der Waals surface area contributed by atoms with Crippen molar-refractivity contribution in [1.29, 1.82) is 0 Å². The zero-order chi connectivity index (χ0) is 36.5. The number of hydrogen-bond acceptors (Lipinski definition) is 7. The van der Waals surface area contributed by atoms with Gasteiger partial charge < -0.3 is 10.6 Å². The van der Waals surface area contributed by atoms with Crippen LogP contribution in [0, 0.1) is 11.8 Å². The molecule has 7 rings (SSSR count). The van der Waals surface area contributed by atoms with Gasteiger partial charge in [0, 0.05) is 55.1 Å². The zero-order valence-electron chi connectivity index (χ0n) is 29.3. The van der Waals surface area contributed by atoms with E-state index in [4.69, 9.17) is 4.98 Å². The third-order valence-electron chi connectivity index (χ3n) is 9.39. The summed E-state index contributed by atoms with van der Waals surface area (Å²) in [7, 11) is 3.63. The molecular weight excluding hydrogens is 654 g/mol. The minimum Gasteiger partial charge on any atom is -0.374 e. The van der Waals surface area contributed by atoms with Gasteiger partial charge in [-0.1, -0.05) is 50.0 Å². The van der Waals surface area contributed by atoms with Gasteiger partial charge in [0.15, 0.2) is 0 Å². The van der Waals surface area contributed by atoms with E-state index in [9.17, 15) is 19.2 Å². The van der Waals surface area contributed by atoms with Gasteiger partial charge in [0.25, 0.3) is 5.91 Å². The van der Waals surface area contributed by atoms with E-state index in [0.29, 0.717) is 18.4 Å². The van der Waals surface area contributed by atoms with Crippen LogP contribution in [0.25, 0.3) is 44.2 Å². The number of piperidine rings is 1. The zero-order valence-corrected chi connectivity index (χ0v) is 29.3. The number of aromatic nitrogens is 4. The Morgan fingerprint density at radius 2 is 1.77 bits per heavy atom. The minimum absolute atomic E-state index is 0.0508. The SMILES string of the molecule is CC(C)c1cc(-c2cccc3cc(-c4ccc(C(=O)NCC#Cc5cccc(N[C@H]6CCC(=O)NC6=O)c5)nc4)ncc23)cc2c1n(C)c(=O)n2C. The summed E-state index contributed by atoms with van der Waals surface area (Å²) in [6.07, 6.45) is 4.22. The second-order valence-electron chi connectivity index (χ2n) is 13.2. The van der Waals surface area contributed by atoms with Crippen molar-refractivity contribution in [3.63, 3.8) is 0 Å². The van der Waals surface area contributed by atoms with Gasteiger partial charge in [0.05, 0.1) is 23.3 Å². The van der Waals surface area contributed by atoms with Crippen molar-refractivity contribution >= 4 is 45.2 Å². The number of carbonyl (C=O) groups is 3. The number of nitrogens with one attached hydrogen (secondary N) is 3. The molecule has 1 saturated heterocycles. The Kier molecular flexibility index (Phi) is 9.13. The molecule has 1 aliphatic heterocycles. The van der Waals surface area contributed by atoms with Crippen LogP contribution < -0.4 is 21.6 Å². The maximum atomic E-state index is 12.8. The molecule has 52 heavy (non-hydrogen) atoms. The molecule has 11 nitrogen and oxygen atoms in total. The molecule has 6 aromatic rings. The molecule has 1 aliphatic rings. The van der Waals surface area contributed by atoms with Crippen molar-refractivity contribution in [3.05, 3.63) is 112 Å². The molecule has 4 heterocycles. The molecule has 3 amide bonds. The van der Waals surface area contributed by atoms with Crippen LogP contribution in [0.1, 0.15) is 54.2 Å². The highest BCUT2D eigenvalue weighted by Gasteiger charge is 2.26. The average Bonchev–Trinajstić information content (AvgIpc) is 3.37. The Labute approximate surface area is 300 Å². The lowest BCUT2D eigenvalue weighted by molar-refractivity contribution is -0.133. The van der Waals surface area contributed by atoms with Crippen LogP contribution in [0.5, 0.6) is 0 Å². The molecule has 260 valence electrons. The number of imide groups is 1. The average molecular weight is 692 g/mol. The van der Waals surface area contributed by atoms with Crippen molar-refractivity contribution in [3.8, 4) is 34.2 Å². The molecular formula is C41H37N7O4. The highest BCUT2D eigenvalue weighted by molar-refractivity contribution is 6.02. The van der Waals surface area contributed by atoms with Gasteiger partial charge in [-0.15, -0.1) is 0 Å². The summed E-state index contributed by atoms with van der Waals surface area (Å²) < 4.78 is 3.42. The molecule has 3 N–H and O–H groups in total. The number of carbonyl (C=O) groups excluding carboxylic acids is 3. The summed E-state index contributed by atoms with van der Waals surface area (Å²) in [6, 6.07) is 22.7. The summed E-state index contributed by atoms with van der Waals surface area (Å²) in [6.45, 7) is 4.39. The van der Waals surface area contributed by atoms with Crippen LogP contribution >= 0.6 is 0 Å². The summed E-state index contributed by atoms with van der Waals surface area (Å²) in [5, 5.41) is 10.3. The third kappa shape index (κ3) is 6.66. The van der Waals surface area contributed by atoms with Crippen LogP contribution in [-0.4, -0.2) is 49.4 Å². The van der Waals surface area contributed by atoms with Gasteiger partial charge >= 0.3 is 5.69 Å². The lowest BCUT2D eigenvalue weighted by Gasteiger charge is -2.22. The summed E-state index contributed by atoms with van der Waals surface area (Å²) in [5.41, 5.74) is 8.16. The first kappa shape index (κ1) is 33.9. The first-order chi connectivity index (χ1) is 25.1. The standard InChI is InChI=1S/C41H37N7O4/c1-24(2)31-19-28(21-36-38(31)48(4)41(52)47(36)3)30-12-6-10-26-20-35(44-23-32(26)30)27-13-14-33(43-22-27)39(50)42-17-7-9-25-8-5-11-29(18-25)45-34-15-16-37(49)46-40(34)51/h5-6,8,10-14,18-24,34,45H,15-17H2,1-4H3,(H,42,50)(H,46,49,51)/t34-/m0/s1. The van der Waals surface area contributed by atoms with Crippen LogP contribution in [-0.2, 0) is 23.7 Å². The molecule has 11 heteroatoms. The van der Waals surface area contributed by atoms with Crippen LogP contribution in [0.15, 0.2) is 90.0 Å². The fourth-order valence-electron chi connectivity index (χ4n) is 6.62. The second kappa shape index (κ2) is 14.0. The molecule has 3 aromatic carbocycles. The van der Waals surface area contributed by atoms with Crippen molar-refractivity contribution in [2.24, 2.45) is 14.1 Å². The Hall–Kier alpha value is -6.54. The highest BCUT2D eigenvalue weighted by atomic mass is 16.2. The summed E-state index contributed by atoms with van der Waals surface area (Å²) in [4.78, 5) is 58.3. The van der Waals surface area contributed by atoms with Gasteiger partial charge in [0.1, 0.15) is 11.7 Å². The van der Waals surface area contributed by atoms with E-state index in [1.54, 1.807) is 28.4 Å². The number of rotatable bonds is 7. The monoisotopic (exact) mass is 691 g/mol. The quantitative estimate of drug-likeness (QED) is 0.153. The van der Waals surface area contributed by atoms with E-state index >= 15 is 0 Å². The van der Waals surface area contributed by atoms with E-state index in [1.165, 1.54) is 0 Å². The predicted molar refractivity (Wildman–Crippen MR) is 202 cm³/mol.